The Kier molecular flexibility index (Phi) is 7.13. The number of hydrogen-bond acceptors (Lipinski definition) is 3. The third kappa shape index (κ3) is 5.55. The predicted molar refractivity (Wildman–Crippen MR) is 110 cm³/mol. The molecule has 30 heavy (non-hydrogen) atoms. The molecule has 2 aliphatic heterocycles. The normalized spacial score (nSPS) is 22.1. The molecule has 1 aromatic rings. The molecule has 1 aromatic carbocycles. The molecule has 1 amide bonds. The SMILES string of the molecule is CCC1(O)CCN(C2CCN(C(=O)[C@H](C)Cc3cccc(C(F)(F)F)c3)CC2)CC1. The summed E-state index contributed by atoms with van der Waals surface area (Å²) in [7, 11) is 0. The molecule has 2 aliphatic rings. The Bertz CT molecular complexity index is 721. The number of piperidine rings is 2. The van der Waals surface area contributed by atoms with Gasteiger partial charge in [0.15, 0.2) is 0 Å². The van der Waals surface area contributed by atoms with Crippen molar-refractivity contribution in [3.63, 3.8) is 0 Å². The van der Waals surface area contributed by atoms with Crippen LogP contribution < -0.4 is 0 Å². The number of likely N-dealkylation sites (tertiary alicyclic amines) is 2. The van der Waals surface area contributed by atoms with Crippen LogP contribution >= 0.6 is 0 Å². The summed E-state index contributed by atoms with van der Waals surface area (Å²) in [6, 6.07) is 5.69. The van der Waals surface area contributed by atoms with Crippen molar-refractivity contribution >= 4 is 5.91 Å². The van der Waals surface area contributed by atoms with E-state index in [2.05, 4.69) is 4.90 Å². The van der Waals surface area contributed by atoms with Crippen LogP contribution in [0, 0.1) is 5.92 Å². The van der Waals surface area contributed by atoms with E-state index in [-0.39, 0.29) is 11.8 Å². The number of hydrogen-bond donors (Lipinski definition) is 1. The molecular weight excluding hydrogens is 393 g/mol. The highest BCUT2D eigenvalue weighted by molar-refractivity contribution is 5.79. The maximum Gasteiger partial charge on any atom is 0.416 e. The molecule has 1 atom stereocenters. The highest BCUT2D eigenvalue weighted by atomic mass is 19.4. The smallest absolute Gasteiger partial charge is 0.390 e. The zero-order chi connectivity index (χ0) is 21.9. The fourth-order valence-corrected chi connectivity index (χ4v) is 4.74. The number of alkyl halides is 3. The van der Waals surface area contributed by atoms with Gasteiger partial charge < -0.3 is 14.9 Å². The minimum atomic E-state index is -4.37. The van der Waals surface area contributed by atoms with Gasteiger partial charge in [0, 0.05) is 38.1 Å². The lowest BCUT2D eigenvalue weighted by Gasteiger charge is -2.44. The van der Waals surface area contributed by atoms with Crippen molar-refractivity contribution in [2.75, 3.05) is 26.2 Å². The van der Waals surface area contributed by atoms with Gasteiger partial charge >= 0.3 is 6.18 Å². The number of carbonyl (C=O) groups is 1. The van der Waals surface area contributed by atoms with Crippen molar-refractivity contribution in [3.8, 4) is 0 Å². The number of halogens is 3. The fraction of sp³-hybridized carbons (Fsp3) is 0.696. The van der Waals surface area contributed by atoms with E-state index in [0.29, 0.717) is 31.1 Å². The second kappa shape index (κ2) is 9.27. The molecule has 2 saturated heterocycles. The van der Waals surface area contributed by atoms with E-state index in [9.17, 15) is 23.1 Å². The Hall–Kier alpha value is -1.60. The fourth-order valence-electron chi connectivity index (χ4n) is 4.74. The van der Waals surface area contributed by atoms with Gasteiger partial charge in [-0.2, -0.15) is 13.2 Å². The molecule has 2 heterocycles. The number of benzene rings is 1. The molecule has 3 rings (SSSR count). The molecule has 0 radical (unpaired) electrons. The van der Waals surface area contributed by atoms with Gasteiger partial charge in [0.1, 0.15) is 0 Å². The molecule has 7 heteroatoms. The molecule has 0 bridgehead atoms. The number of aliphatic hydroxyl groups is 1. The van der Waals surface area contributed by atoms with Crippen LogP contribution in [-0.4, -0.2) is 58.6 Å². The first kappa shape index (κ1) is 23.1. The molecule has 168 valence electrons. The number of nitrogens with zero attached hydrogens (tertiary/aromatic N) is 2. The Labute approximate surface area is 177 Å². The first-order chi connectivity index (χ1) is 14.1. The van der Waals surface area contributed by atoms with Crippen LogP contribution in [0.25, 0.3) is 0 Å². The van der Waals surface area contributed by atoms with Crippen molar-refractivity contribution in [1.29, 1.82) is 0 Å². The van der Waals surface area contributed by atoms with Gasteiger partial charge in [-0.3, -0.25) is 4.79 Å². The van der Waals surface area contributed by atoms with Crippen molar-refractivity contribution < 1.29 is 23.1 Å². The summed E-state index contributed by atoms with van der Waals surface area (Å²) in [4.78, 5) is 17.2. The summed E-state index contributed by atoms with van der Waals surface area (Å²) in [5.74, 6) is -0.329. The largest absolute Gasteiger partial charge is 0.416 e. The molecule has 0 aromatic heterocycles. The number of amides is 1. The van der Waals surface area contributed by atoms with Crippen molar-refractivity contribution in [2.24, 2.45) is 5.92 Å². The van der Waals surface area contributed by atoms with E-state index < -0.39 is 17.3 Å². The summed E-state index contributed by atoms with van der Waals surface area (Å²) >= 11 is 0. The van der Waals surface area contributed by atoms with Crippen LogP contribution in [-0.2, 0) is 17.4 Å². The van der Waals surface area contributed by atoms with Crippen LogP contribution in [0.15, 0.2) is 24.3 Å². The van der Waals surface area contributed by atoms with Crippen molar-refractivity contribution in [3.05, 3.63) is 35.4 Å². The summed E-state index contributed by atoms with van der Waals surface area (Å²) < 4.78 is 38.7. The van der Waals surface area contributed by atoms with Gasteiger partial charge in [0.25, 0.3) is 0 Å². The Morgan fingerprint density at radius 3 is 2.40 bits per heavy atom. The zero-order valence-corrected chi connectivity index (χ0v) is 17.9. The van der Waals surface area contributed by atoms with Crippen molar-refractivity contribution in [1.82, 2.24) is 9.80 Å². The second-order valence-electron chi connectivity index (χ2n) is 8.97. The highest BCUT2D eigenvalue weighted by Gasteiger charge is 2.35. The van der Waals surface area contributed by atoms with Gasteiger partial charge in [-0.15, -0.1) is 0 Å². The lowest BCUT2D eigenvalue weighted by molar-refractivity contribution is -0.137. The van der Waals surface area contributed by atoms with Crippen molar-refractivity contribution in [2.45, 2.75) is 70.2 Å². The first-order valence-electron chi connectivity index (χ1n) is 11.0. The van der Waals surface area contributed by atoms with E-state index in [1.54, 1.807) is 13.0 Å². The van der Waals surface area contributed by atoms with Gasteiger partial charge in [0.2, 0.25) is 5.91 Å². The van der Waals surface area contributed by atoms with E-state index in [4.69, 9.17) is 0 Å². The summed E-state index contributed by atoms with van der Waals surface area (Å²) in [6.45, 7) is 6.99. The van der Waals surface area contributed by atoms with Crippen LogP contribution in [0.3, 0.4) is 0 Å². The molecule has 0 unspecified atom stereocenters. The summed E-state index contributed by atoms with van der Waals surface area (Å²) in [6.07, 6.45) is 0.154. The van der Waals surface area contributed by atoms with E-state index in [0.717, 1.165) is 57.3 Å². The molecule has 4 nitrogen and oxygen atoms in total. The van der Waals surface area contributed by atoms with Crippen LogP contribution in [0.4, 0.5) is 13.2 Å². The molecule has 0 saturated carbocycles. The topological polar surface area (TPSA) is 43.8 Å². The summed E-state index contributed by atoms with van der Waals surface area (Å²) in [5, 5.41) is 10.4. The monoisotopic (exact) mass is 426 g/mol. The molecule has 0 spiro atoms. The van der Waals surface area contributed by atoms with Crippen LogP contribution in [0.2, 0.25) is 0 Å². The lowest BCUT2D eigenvalue weighted by Crippen LogP contribution is -2.52. The predicted octanol–water partition coefficient (Wildman–Crippen LogP) is 4.11. The standard InChI is InChI=1S/C23H33F3N2O2/c1-3-22(30)9-13-27(14-10-22)20-7-11-28(12-8-20)21(29)17(2)15-18-5-4-6-19(16-18)23(24,25)26/h4-6,16-17,20,30H,3,7-15H2,1-2H3/t17-/m1/s1. The quantitative estimate of drug-likeness (QED) is 0.771. The Balaban J connectivity index is 1.49. The Morgan fingerprint density at radius 1 is 1.20 bits per heavy atom. The third-order valence-electron chi connectivity index (χ3n) is 6.90. The van der Waals surface area contributed by atoms with E-state index in [1.165, 1.54) is 6.07 Å². The van der Waals surface area contributed by atoms with Gasteiger partial charge in [0.05, 0.1) is 11.2 Å². The maximum absolute atomic E-state index is 12.9. The third-order valence-corrected chi connectivity index (χ3v) is 6.90. The molecular formula is C23H33F3N2O2. The first-order valence-corrected chi connectivity index (χ1v) is 11.0. The van der Waals surface area contributed by atoms with Crippen LogP contribution in [0.1, 0.15) is 57.1 Å². The Morgan fingerprint density at radius 2 is 1.83 bits per heavy atom. The van der Waals surface area contributed by atoms with E-state index in [1.807, 2.05) is 11.8 Å². The second-order valence-corrected chi connectivity index (χ2v) is 8.97. The summed E-state index contributed by atoms with van der Waals surface area (Å²) in [5.41, 5.74) is -0.652. The lowest BCUT2D eigenvalue weighted by atomic mass is 9.87. The minimum Gasteiger partial charge on any atom is -0.390 e. The average molecular weight is 427 g/mol. The highest BCUT2D eigenvalue weighted by Crippen LogP contribution is 2.31. The minimum absolute atomic E-state index is 0.0184. The molecule has 2 fully saturated rings. The van der Waals surface area contributed by atoms with E-state index >= 15 is 0 Å². The number of rotatable bonds is 5. The average Bonchev–Trinajstić information content (AvgIpc) is 2.73. The van der Waals surface area contributed by atoms with Crippen LogP contribution in [0.5, 0.6) is 0 Å². The number of carbonyl (C=O) groups excluding carboxylic acids is 1. The van der Waals surface area contributed by atoms with Gasteiger partial charge in [-0.05, 0) is 50.2 Å². The maximum atomic E-state index is 12.9. The molecule has 0 aliphatic carbocycles. The zero-order valence-electron chi connectivity index (χ0n) is 17.9. The van der Waals surface area contributed by atoms with Gasteiger partial charge in [-0.1, -0.05) is 32.0 Å². The molecule has 1 N–H and O–H groups in total. The van der Waals surface area contributed by atoms with Gasteiger partial charge in [-0.25, -0.2) is 0 Å².